The van der Waals surface area contributed by atoms with Crippen LogP contribution >= 0.6 is 0 Å². The highest BCUT2D eigenvalue weighted by Gasteiger charge is 2.31. The summed E-state index contributed by atoms with van der Waals surface area (Å²) in [6.07, 6.45) is 19.9. The molecule has 0 amide bonds. The molecule has 0 aliphatic heterocycles. The smallest absolute Gasteiger partial charge is 0.190 e. The molecule has 0 radical (unpaired) electrons. The van der Waals surface area contributed by atoms with Crippen LogP contribution in [0.25, 0.3) is 0 Å². The fourth-order valence-corrected chi connectivity index (χ4v) is 6.21. The minimum atomic E-state index is -0.529. The van der Waals surface area contributed by atoms with Crippen molar-refractivity contribution in [2.75, 3.05) is 6.61 Å². The van der Waals surface area contributed by atoms with Crippen molar-refractivity contribution >= 4 is 0 Å². The Hall–Kier alpha value is -1.12. The van der Waals surface area contributed by atoms with E-state index in [-0.39, 0.29) is 8.60 Å². The van der Waals surface area contributed by atoms with Gasteiger partial charge in [-0.2, -0.15) is 0 Å². The second kappa shape index (κ2) is 16.5. The Morgan fingerprint density at radius 2 is 1.26 bits per heavy atom. The third-order valence-electron chi connectivity index (χ3n) is 8.28. The molecule has 3 rings (SSSR count). The molecule has 0 heterocycles. The van der Waals surface area contributed by atoms with Crippen LogP contribution in [0.4, 0.5) is 8.78 Å². The molecule has 0 aromatic heterocycles. The second-order valence-corrected chi connectivity index (χ2v) is 10.6. The number of ether oxygens (including phenoxy) is 1. The van der Waals surface area contributed by atoms with Crippen LogP contribution in [0, 0.1) is 29.4 Å². The van der Waals surface area contributed by atoms with Gasteiger partial charge in [-0.05, 0) is 86.3 Å². The van der Waals surface area contributed by atoms with Crippen molar-refractivity contribution in [3.63, 3.8) is 0 Å². The Bertz CT molecular complexity index is 646. The van der Waals surface area contributed by atoms with Gasteiger partial charge in [0.1, 0.15) is 0 Å². The van der Waals surface area contributed by atoms with E-state index in [9.17, 15) is 8.78 Å². The lowest BCUT2D eigenvalue weighted by atomic mass is 9.68. The fourth-order valence-electron chi connectivity index (χ4n) is 6.21. The van der Waals surface area contributed by atoms with Crippen LogP contribution < -0.4 is 4.74 Å². The molecule has 0 N–H and O–H groups in total. The molecule has 0 unspecified atom stereocenters. The lowest BCUT2D eigenvalue weighted by Crippen LogP contribution is -2.25. The van der Waals surface area contributed by atoms with Crippen molar-refractivity contribution < 1.29 is 16.4 Å². The number of unbranched alkanes of at least 4 members (excludes halogenated alkanes) is 5. The topological polar surface area (TPSA) is 9.23 Å². The van der Waals surface area contributed by atoms with Crippen molar-refractivity contribution in [2.45, 2.75) is 136 Å². The number of benzene rings is 1. The zero-order valence-corrected chi connectivity index (χ0v) is 22.6. The highest BCUT2D eigenvalue weighted by Crippen LogP contribution is 2.45. The van der Waals surface area contributed by atoms with Gasteiger partial charge in [-0.25, -0.2) is 8.78 Å². The molecule has 2 saturated carbocycles. The van der Waals surface area contributed by atoms with Crippen molar-refractivity contribution in [2.24, 2.45) is 17.8 Å². The highest BCUT2D eigenvalue weighted by molar-refractivity contribution is 5.33. The van der Waals surface area contributed by atoms with Crippen LogP contribution in [0.15, 0.2) is 12.1 Å². The summed E-state index contributed by atoms with van der Waals surface area (Å²) in [6, 6.07) is 3.08. The van der Waals surface area contributed by atoms with Crippen molar-refractivity contribution in [3.8, 4) is 5.75 Å². The Morgan fingerprint density at radius 3 is 1.82 bits per heavy atom. The summed E-state index contributed by atoms with van der Waals surface area (Å²) in [5, 5.41) is 0. The van der Waals surface area contributed by atoms with E-state index in [4.69, 9.17) is 4.74 Å². The lowest BCUT2D eigenvalue weighted by Gasteiger charge is -2.38. The van der Waals surface area contributed by atoms with E-state index in [0.717, 1.165) is 61.8 Å². The standard InChI is InChI=1S/C29H46F2O.C2H6.2H2/c1-3-5-7-9-19-32-29-27(30)20-26(21-28(29)31)25-17-15-24(16-18-25)23-13-11-22(12-14-23)10-8-6-4-2;1-2;;/h20-25H,3-19H2,1-2H3;1-2H3;2*1H. The van der Waals surface area contributed by atoms with E-state index >= 15 is 0 Å². The summed E-state index contributed by atoms with van der Waals surface area (Å²) in [6.45, 7) is 8.82. The summed E-state index contributed by atoms with van der Waals surface area (Å²) >= 11 is 0. The number of hydrogen-bond donors (Lipinski definition) is 0. The zero-order valence-electron chi connectivity index (χ0n) is 22.6. The molecule has 1 aromatic carbocycles. The molecule has 0 bridgehead atoms. The van der Waals surface area contributed by atoms with Gasteiger partial charge in [-0.3, -0.25) is 0 Å². The summed E-state index contributed by atoms with van der Waals surface area (Å²) < 4.78 is 34.6. The first kappa shape index (κ1) is 29.1. The first-order valence-electron chi connectivity index (χ1n) is 14.7. The average molecular weight is 483 g/mol. The van der Waals surface area contributed by atoms with E-state index in [1.807, 2.05) is 13.8 Å². The molecule has 0 saturated heterocycles. The summed E-state index contributed by atoms with van der Waals surface area (Å²) in [7, 11) is 0. The third-order valence-corrected chi connectivity index (χ3v) is 8.28. The van der Waals surface area contributed by atoms with E-state index in [1.54, 1.807) is 0 Å². The van der Waals surface area contributed by atoms with Gasteiger partial charge >= 0.3 is 0 Å². The average Bonchev–Trinajstić information content (AvgIpc) is 2.87. The van der Waals surface area contributed by atoms with Crippen molar-refractivity contribution in [3.05, 3.63) is 29.3 Å². The normalized spacial score (nSPS) is 24.9. The Kier molecular flexibility index (Phi) is 14.2. The summed E-state index contributed by atoms with van der Waals surface area (Å²) in [4.78, 5) is 0. The Labute approximate surface area is 212 Å². The van der Waals surface area contributed by atoms with Gasteiger partial charge in [0.25, 0.3) is 0 Å². The largest absolute Gasteiger partial charge is 0.488 e. The van der Waals surface area contributed by atoms with Gasteiger partial charge in [-0.1, -0.05) is 85.5 Å². The van der Waals surface area contributed by atoms with Crippen LogP contribution in [0.5, 0.6) is 5.75 Å². The molecule has 3 heteroatoms. The maximum atomic E-state index is 14.6. The summed E-state index contributed by atoms with van der Waals surface area (Å²) in [5.74, 6) is 1.72. The van der Waals surface area contributed by atoms with Crippen molar-refractivity contribution in [1.82, 2.24) is 0 Å². The quantitative estimate of drug-likeness (QED) is 0.269. The molecule has 2 fully saturated rings. The van der Waals surface area contributed by atoms with Crippen LogP contribution in [0.1, 0.15) is 145 Å². The predicted octanol–water partition coefficient (Wildman–Crippen LogP) is 11.1. The monoisotopic (exact) mass is 482 g/mol. The van der Waals surface area contributed by atoms with Crippen LogP contribution in [-0.2, 0) is 0 Å². The molecule has 200 valence electrons. The minimum Gasteiger partial charge on any atom is -0.488 e. The highest BCUT2D eigenvalue weighted by atomic mass is 19.1. The number of halogens is 2. The molecule has 1 aromatic rings. The van der Waals surface area contributed by atoms with E-state index in [1.165, 1.54) is 76.3 Å². The molecule has 2 aliphatic carbocycles. The van der Waals surface area contributed by atoms with Crippen LogP contribution in [-0.4, -0.2) is 6.61 Å². The molecular formula is C31H56F2O. The van der Waals surface area contributed by atoms with Gasteiger partial charge in [0, 0.05) is 2.85 Å². The number of hydrogen-bond acceptors (Lipinski definition) is 1. The molecule has 34 heavy (non-hydrogen) atoms. The SMILES string of the molecule is CC.CCCCCCOc1c(F)cc(C2CCC(C3CCC(CCCCC)CC3)CC2)cc1F.[HH].[HH]. The Balaban J connectivity index is 0.00000299. The Morgan fingerprint density at radius 1 is 0.735 bits per heavy atom. The fraction of sp³-hybridized carbons (Fsp3) is 0.806. The van der Waals surface area contributed by atoms with E-state index in [0.29, 0.717) is 12.5 Å². The maximum absolute atomic E-state index is 14.6. The van der Waals surface area contributed by atoms with E-state index < -0.39 is 11.6 Å². The molecule has 0 atom stereocenters. The van der Waals surface area contributed by atoms with Crippen LogP contribution in [0.2, 0.25) is 0 Å². The predicted molar refractivity (Wildman–Crippen MR) is 146 cm³/mol. The number of rotatable bonds is 12. The summed E-state index contributed by atoms with van der Waals surface area (Å²) in [5.41, 5.74) is 0.830. The minimum absolute atomic E-state index is 0. The molecule has 1 nitrogen and oxygen atoms in total. The first-order chi connectivity index (χ1) is 16.6. The maximum Gasteiger partial charge on any atom is 0.190 e. The van der Waals surface area contributed by atoms with Gasteiger partial charge in [0.2, 0.25) is 0 Å². The van der Waals surface area contributed by atoms with Crippen molar-refractivity contribution in [1.29, 1.82) is 0 Å². The van der Waals surface area contributed by atoms with Gasteiger partial charge in [0.15, 0.2) is 17.4 Å². The molecular weight excluding hydrogens is 426 g/mol. The first-order valence-corrected chi connectivity index (χ1v) is 14.7. The van der Waals surface area contributed by atoms with Gasteiger partial charge in [0.05, 0.1) is 6.61 Å². The van der Waals surface area contributed by atoms with E-state index in [2.05, 4.69) is 13.8 Å². The molecule has 0 spiro atoms. The molecule has 2 aliphatic rings. The third kappa shape index (κ3) is 9.15. The lowest BCUT2D eigenvalue weighted by molar-refractivity contribution is 0.155. The zero-order chi connectivity index (χ0) is 24.8. The van der Waals surface area contributed by atoms with Gasteiger partial charge in [-0.15, -0.1) is 0 Å². The van der Waals surface area contributed by atoms with Crippen LogP contribution in [0.3, 0.4) is 0 Å². The van der Waals surface area contributed by atoms with Gasteiger partial charge < -0.3 is 4.74 Å². The second-order valence-electron chi connectivity index (χ2n) is 10.6.